The van der Waals surface area contributed by atoms with Crippen LogP contribution in [0.25, 0.3) is 10.9 Å². The molecule has 0 aliphatic heterocycles. The molecule has 10 heteroatoms. The highest BCUT2D eigenvalue weighted by Gasteiger charge is 2.23. The second-order valence-electron chi connectivity index (χ2n) is 7.38. The van der Waals surface area contributed by atoms with Crippen molar-refractivity contribution in [2.75, 3.05) is 32.8 Å². The molecule has 180 valence electrons. The van der Waals surface area contributed by atoms with Crippen molar-refractivity contribution < 1.29 is 28.5 Å². The lowest BCUT2D eigenvalue weighted by Crippen LogP contribution is -2.20. The minimum Gasteiger partial charge on any atom is -0.493 e. The van der Waals surface area contributed by atoms with Crippen LogP contribution in [0.2, 0.25) is 5.02 Å². The first-order chi connectivity index (χ1) is 17.0. The van der Waals surface area contributed by atoms with Crippen LogP contribution in [0.15, 0.2) is 66.3 Å². The summed E-state index contributed by atoms with van der Waals surface area (Å²) in [4.78, 5) is 33.8. The van der Waals surface area contributed by atoms with E-state index in [1.54, 1.807) is 37.4 Å². The van der Waals surface area contributed by atoms with Crippen LogP contribution >= 0.6 is 11.6 Å². The molecule has 1 aliphatic carbocycles. The Bertz CT molecular complexity index is 1340. The van der Waals surface area contributed by atoms with E-state index in [9.17, 15) is 9.59 Å². The zero-order chi connectivity index (χ0) is 24.8. The van der Waals surface area contributed by atoms with Crippen molar-refractivity contribution in [2.24, 2.45) is 0 Å². The number of allylic oxidation sites excluding steroid dienone is 2. The highest BCUT2D eigenvalue weighted by molar-refractivity contribution is 6.31. The van der Waals surface area contributed by atoms with E-state index in [0.717, 1.165) is 6.08 Å². The summed E-state index contributed by atoms with van der Waals surface area (Å²) in [5.74, 6) is 0.334. The third-order valence-electron chi connectivity index (χ3n) is 5.11. The van der Waals surface area contributed by atoms with Crippen LogP contribution in [0, 0.1) is 0 Å². The molecule has 35 heavy (non-hydrogen) atoms. The minimum absolute atomic E-state index is 0.0551. The Hall–Kier alpha value is -3.95. The molecule has 0 atom stereocenters. The van der Waals surface area contributed by atoms with E-state index < -0.39 is 11.6 Å². The third kappa shape index (κ3) is 5.59. The van der Waals surface area contributed by atoms with Gasteiger partial charge in [-0.05, 0) is 12.1 Å². The van der Waals surface area contributed by atoms with Gasteiger partial charge >= 0.3 is 0 Å². The quantitative estimate of drug-likeness (QED) is 0.331. The number of nitrogens with one attached hydrogen (secondary N) is 1. The van der Waals surface area contributed by atoms with E-state index >= 15 is 0 Å². The van der Waals surface area contributed by atoms with E-state index in [1.165, 1.54) is 19.5 Å². The van der Waals surface area contributed by atoms with Gasteiger partial charge in [0.15, 0.2) is 17.3 Å². The van der Waals surface area contributed by atoms with Crippen molar-refractivity contribution >= 4 is 39.9 Å². The summed E-state index contributed by atoms with van der Waals surface area (Å²) < 4.78 is 21.7. The number of hydrogen-bond acceptors (Lipinski definition) is 9. The average Bonchev–Trinajstić information content (AvgIpc) is 2.86. The number of rotatable bonds is 10. The van der Waals surface area contributed by atoms with Gasteiger partial charge in [0.25, 0.3) is 0 Å². The van der Waals surface area contributed by atoms with Crippen LogP contribution < -0.4 is 14.8 Å². The molecule has 0 radical (unpaired) electrons. The molecule has 1 N–H and O–H groups in total. The maximum Gasteiger partial charge on any atom is 0.222 e. The lowest BCUT2D eigenvalue weighted by atomic mass is 10.1. The van der Waals surface area contributed by atoms with Crippen molar-refractivity contribution in [3.8, 4) is 11.5 Å². The van der Waals surface area contributed by atoms with Gasteiger partial charge < -0.3 is 24.3 Å². The summed E-state index contributed by atoms with van der Waals surface area (Å²) >= 11 is 6.12. The van der Waals surface area contributed by atoms with Gasteiger partial charge in [-0.1, -0.05) is 29.8 Å². The lowest BCUT2D eigenvalue weighted by Gasteiger charge is -2.16. The molecule has 9 nitrogen and oxygen atoms in total. The molecule has 0 fully saturated rings. The van der Waals surface area contributed by atoms with Gasteiger partial charge in [-0.2, -0.15) is 0 Å². The molecule has 4 rings (SSSR count). The molecule has 0 spiro atoms. The Morgan fingerprint density at radius 1 is 0.943 bits per heavy atom. The monoisotopic (exact) mass is 495 g/mol. The first-order valence-corrected chi connectivity index (χ1v) is 11.0. The summed E-state index contributed by atoms with van der Waals surface area (Å²) in [7, 11) is 3.10. The predicted octanol–water partition coefficient (Wildman–Crippen LogP) is 3.87. The number of ketones is 2. The highest BCUT2D eigenvalue weighted by Crippen LogP contribution is 2.34. The zero-order valence-electron chi connectivity index (χ0n) is 19.0. The molecule has 0 saturated heterocycles. The zero-order valence-corrected chi connectivity index (χ0v) is 19.8. The average molecular weight is 496 g/mol. The Morgan fingerprint density at radius 3 is 2.54 bits per heavy atom. The van der Waals surface area contributed by atoms with Crippen molar-refractivity contribution in [3.63, 3.8) is 0 Å². The number of fused-ring (bicyclic) bond motifs is 1. The van der Waals surface area contributed by atoms with Crippen molar-refractivity contribution in [1.29, 1.82) is 0 Å². The topological polar surface area (TPSA) is 109 Å². The molecular weight excluding hydrogens is 474 g/mol. The van der Waals surface area contributed by atoms with Crippen LogP contribution in [-0.2, 0) is 25.7 Å². The van der Waals surface area contributed by atoms with Crippen molar-refractivity contribution in [3.05, 3.63) is 76.9 Å². The smallest absolute Gasteiger partial charge is 0.222 e. The second-order valence-corrected chi connectivity index (χ2v) is 7.79. The first kappa shape index (κ1) is 24.2. The molecule has 0 amide bonds. The van der Waals surface area contributed by atoms with Gasteiger partial charge in [-0.25, -0.2) is 9.97 Å². The molecule has 1 aliphatic rings. The predicted molar refractivity (Wildman–Crippen MR) is 130 cm³/mol. The van der Waals surface area contributed by atoms with Crippen LogP contribution in [0.4, 0.5) is 5.82 Å². The van der Waals surface area contributed by atoms with Crippen LogP contribution in [0.3, 0.4) is 0 Å². The Labute approximate surface area is 206 Å². The van der Waals surface area contributed by atoms with Crippen LogP contribution in [0.5, 0.6) is 11.5 Å². The van der Waals surface area contributed by atoms with Gasteiger partial charge in [-0.15, -0.1) is 0 Å². The van der Waals surface area contributed by atoms with Gasteiger partial charge in [0.2, 0.25) is 11.6 Å². The Morgan fingerprint density at radius 2 is 1.77 bits per heavy atom. The number of aromatic nitrogens is 2. The normalized spacial score (nSPS) is 13.3. The fourth-order valence-corrected chi connectivity index (χ4v) is 3.51. The summed E-state index contributed by atoms with van der Waals surface area (Å²) in [5, 5.41) is 4.02. The van der Waals surface area contributed by atoms with E-state index in [1.807, 2.05) is 6.07 Å². The largest absolute Gasteiger partial charge is 0.493 e. The van der Waals surface area contributed by atoms with E-state index in [4.69, 9.17) is 30.5 Å². The Balaban J connectivity index is 1.53. The number of methoxy groups -OCH3 is 2. The van der Waals surface area contributed by atoms with Crippen LogP contribution in [0.1, 0.15) is 5.56 Å². The molecular formula is C25H22ClN3O6. The van der Waals surface area contributed by atoms with Gasteiger partial charge in [-0.3, -0.25) is 9.59 Å². The number of nitrogens with zero attached hydrogens (tertiary/aromatic N) is 2. The SMILES string of the molecule is COCCOc1cc2ncnc(NC3=CC(=O)C(OCc4ccccc4Cl)=CC3=O)c2cc1OC. The molecule has 1 heterocycles. The van der Waals surface area contributed by atoms with Crippen molar-refractivity contribution in [2.45, 2.75) is 6.61 Å². The minimum atomic E-state index is -0.455. The number of halogens is 1. The van der Waals surface area contributed by atoms with E-state index in [-0.39, 0.29) is 18.1 Å². The standard InChI is InChI=1S/C25H22ClN3O6/c1-32-7-8-34-24-11-18-16(9-23(24)33-2)25(28-14-27-18)29-19-10-21(31)22(12-20(19)30)35-13-15-5-3-4-6-17(15)26/h3-6,9-12,14H,7-8,13H2,1-2H3,(H,27,28,29). The molecule has 0 bridgehead atoms. The number of carbonyl (C=O) groups excluding carboxylic acids is 2. The molecule has 2 aromatic carbocycles. The summed E-state index contributed by atoms with van der Waals surface area (Å²) in [6.07, 6.45) is 3.67. The Kier molecular flexibility index (Phi) is 7.59. The number of carbonyl (C=O) groups is 2. The summed E-state index contributed by atoms with van der Waals surface area (Å²) in [6, 6.07) is 10.5. The maximum absolute atomic E-state index is 12.7. The third-order valence-corrected chi connectivity index (χ3v) is 5.47. The molecule has 3 aromatic rings. The molecule has 0 unspecified atom stereocenters. The summed E-state index contributed by atoms with van der Waals surface area (Å²) in [5.41, 5.74) is 1.32. The first-order valence-electron chi connectivity index (χ1n) is 10.6. The lowest BCUT2D eigenvalue weighted by molar-refractivity contribution is -0.117. The number of anilines is 1. The second kappa shape index (κ2) is 11.0. The number of hydrogen-bond donors (Lipinski definition) is 1. The van der Waals surface area contributed by atoms with Crippen molar-refractivity contribution in [1.82, 2.24) is 9.97 Å². The molecule has 1 aromatic heterocycles. The fraction of sp³-hybridized carbons (Fsp3) is 0.200. The van der Waals surface area contributed by atoms with Gasteiger partial charge in [0, 0.05) is 41.3 Å². The summed E-state index contributed by atoms with van der Waals surface area (Å²) in [6.45, 7) is 0.817. The van der Waals surface area contributed by atoms with Crippen LogP contribution in [-0.4, -0.2) is 49.0 Å². The van der Waals surface area contributed by atoms with Gasteiger partial charge in [0.1, 0.15) is 25.4 Å². The van der Waals surface area contributed by atoms with E-state index in [0.29, 0.717) is 52.0 Å². The molecule has 0 saturated carbocycles. The highest BCUT2D eigenvalue weighted by atomic mass is 35.5. The maximum atomic E-state index is 12.7. The fourth-order valence-electron chi connectivity index (χ4n) is 3.32. The number of ether oxygens (including phenoxy) is 4. The number of benzene rings is 2. The van der Waals surface area contributed by atoms with Gasteiger partial charge in [0.05, 0.1) is 24.9 Å². The van der Waals surface area contributed by atoms with E-state index in [2.05, 4.69) is 15.3 Å².